The summed E-state index contributed by atoms with van der Waals surface area (Å²) in [7, 11) is 0. The van der Waals surface area contributed by atoms with Gasteiger partial charge >= 0.3 is 0 Å². The van der Waals surface area contributed by atoms with Crippen LogP contribution in [0.5, 0.6) is 0 Å². The first-order valence-corrected chi connectivity index (χ1v) is 7.89. The maximum atomic E-state index is 3.60. The standard InChI is InChI=1S/C16H17Br2N/c1-11-9-13(7-8-15(11)17)10-19-12(2)14-5-3-4-6-16(14)18/h3-9,12,19H,10H2,1-2H3. The summed E-state index contributed by atoms with van der Waals surface area (Å²) >= 11 is 7.13. The van der Waals surface area contributed by atoms with Crippen molar-refractivity contribution in [1.82, 2.24) is 5.32 Å². The minimum absolute atomic E-state index is 0.319. The molecule has 0 aliphatic carbocycles. The number of hydrogen-bond donors (Lipinski definition) is 1. The van der Waals surface area contributed by atoms with Gasteiger partial charge in [-0.15, -0.1) is 0 Å². The molecule has 0 saturated heterocycles. The van der Waals surface area contributed by atoms with E-state index >= 15 is 0 Å². The van der Waals surface area contributed by atoms with Gasteiger partial charge in [-0.3, -0.25) is 0 Å². The molecule has 19 heavy (non-hydrogen) atoms. The third-order valence-corrected chi connectivity index (χ3v) is 4.82. The van der Waals surface area contributed by atoms with Crippen molar-refractivity contribution in [1.29, 1.82) is 0 Å². The minimum atomic E-state index is 0.319. The Balaban J connectivity index is 2.02. The lowest BCUT2D eigenvalue weighted by Crippen LogP contribution is -2.18. The summed E-state index contributed by atoms with van der Waals surface area (Å²) in [6.07, 6.45) is 0. The highest BCUT2D eigenvalue weighted by Crippen LogP contribution is 2.23. The lowest BCUT2D eigenvalue weighted by molar-refractivity contribution is 0.572. The number of rotatable bonds is 4. The molecule has 1 N–H and O–H groups in total. The van der Waals surface area contributed by atoms with E-state index in [4.69, 9.17) is 0 Å². The SMILES string of the molecule is Cc1cc(CNC(C)c2ccccc2Br)ccc1Br. The van der Waals surface area contributed by atoms with Gasteiger partial charge in [-0.05, 0) is 42.7 Å². The maximum absolute atomic E-state index is 3.60. The van der Waals surface area contributed by atoms with E-state index in [0.717, 1.165) is 15.5 Å². The maximum Gasteiger partial charge on any atom is 0.0306 e. The third kappa shape index (κ3) is 3.91. The van der Waals surface area contributed by atoms with Gasteiger partial charge in [0.1, 0.15) is 0 Å². The average Bonchev–Trinajstić information content (AvgIpc) is 2.40. The molecule has 2 aromatic rings. The van der Waals surface area contributed by atoms with Gasteiger partial charge in [0.05, 0.1) is 0 Å². The Morgan fingerprint density at radius 3 is 2.47 bits per heavy atom. The summed E-state index contributed by atoms with van der Waals surface area (Å²) < 4.78 is 2.32. The molecule has 0 aromatic heterocycles. The summed E-state index contributed by atoms with van der Waals surface area (Å²) in [4.78, 5) is 0. The summed E-state index contributed by atoms with van der Waals surface area (Å²) in [6, 6.07) is 15.1. The molecule has 0 bridgehead atoms. The fourth-order valence-electron chi connectivity index (χ4n) is 2.02. The number of halogens is 2. The largest absolute Gasteiger partial charge is 0.306 e. The van der Waals surface area contributed by atoms with Gasteiger partial charge in [0.2, 0.25) is 0 Å². The molecule has 2 aromatic carbocycles. The second-order valence-electron chi connectivity index (χ2n) is 4.71. The quantitative estimate of drug-likeness (QED) is 0.749. The molecular formula is C16H17Br2N. The van der Waals surface area contributed by atoms with Crippen LogP contribution in [-0.2, 0) is 6.54 Å². The van der Waals surface area contributed by atoms with Crippen LogP contribution in [0, 0.1) is 6.92 Å². The Labute approximate surface area is 131 Å². The van der Waals surface area contributed by atoms with Crippen LogP contribution < -0.4 is 5.32 Å². The van der Waals surface area contributed by atoms with E-state index in [-0.39, 0.29) is 0 Å². The van der Waals surface area contributed by atoms with E-state index in [1.807, 2.05) is 6.07 Å². The molecule has 100 valence electrons. The highest BCUT2D eigenvalue weighted by molar-refractivity contribution is 9.10. The first-order chi connectivity index (χ1) is 9.08. The van der Waals surface area contributed by atoms with Crippen molar-refractivity contribution < 1.29 is 0 Å². The number of nitrogens with one attached hydrogen (secondary N) is 1. The van der Waals surface area contributed by atoms with E-state index in [2.05, 4.69) is 87.4 Å². The van der Waals surface area contributed by atoms with Gasteiger partial charge < -0.3 is 5.32 Å². The summed E-state index contributed by atoms with van der Waals surface area (Å²) in [5.41, 5.74) is 3.86. The van der Waals surface area contributed by atoms with Crippen LogP contribution in [0.1, 0.15) is 29.7 Å². The molecule has 1 atom stereocenters. The Morgan fingerprint density at radius 2 is 1.79 bits per heavy atom. The number of hydrogen-bond acceptors (Lipinski definition) is 1. The van der Waals surface area contributed by atoms with Gasteiger partial charge in [0.25, 0.3) is 0 Å². The molecule has 0 saturated carbocycles. The lowest BCUT2D eigenvalue weighted by Gasteiger charge is -2.16. The summed E-state index contributed by atoms with van der Waals surface area (Å²) in [6.45, 7) is 5.17. The van der Waals surface area contributed by atoms with E-state index in [9.17, 15) is 0 Å². The second-order valence-corrected chi connectivity index (χ2v) is 6.42. The predicted molar refractivity (Wildman–Crippen MR) is 88.3 cm³/mol. The van der Waals surface area contributed by atoms with Crippen molar-refractivity contribution in [3.05, 3.63) is 68.1 Å². The third-order valence-electron chi connectivity index (χ3n) is 3.21. The molecule has 0 aliphatic heterocycles. The van der Waals surface area contributed by atoms with Gasteiger partial charge in [0.15, 0.2) is 0 Å². The van der Waals surface area contributed by atoms with E-state index in [1.165, 1.54) is 16.7 Å². The molecule has 0 radical (unpaired) electrons. The molecule has 0 amide bonds. The van der Waals surface area contributed by atoms with Crippen molar-refractivity contribution in [2.45, 2.75) is 26.4 Å². The zero-order valence-corrected chi connectivity index (χ0v) is 14.3. The van der Waals surface area contributed by atoms with Crippen LogP contribution in [0.4, 0.5) is 0 Å². The van der Waals surface area contributed by atoms with Gasteiger partial charge in [0, 0.05) is 21.5 Å². The highest BCUT2D eigenvalue weighted by atomic mass is 79.9. The zero-order chi connectivity index (χ0) is 13.8. The Morgan fingerprint density at radius 1 is 1.05 bits per heavy atom. The van der Waals surface area contributed by atoms with Crippen LogP contribution in [0.3, 0.4) is 0 Å². The Bertz CT molecular complexity index is 566. The highest BCUT2D eigenvalue weighted by Gasteiger charge is 2.08. The molecule has 0 fully saturated rings. The topological polar surface area (TPSA) is 12.0 Å². The predicted octanol–water partition coefficient (Wildman–Crippen LogP) is 5.37. The van der Waals surface area contributed by atoms with Crippen LogP contribution in [0.15, 0.2) is 51.4 Å². The van der Waals surface area contributed by atoms with Gasteiger partial charge in [-0.1, -0.05) is 62.2 Å². The molecular weight excluding hydrogens is 366 g/mol. The molecule has 1 nitrogen and oxygen atoms in total. The van der Waals surface area contributed by atoms with Crippen molar-refractivity contribution in [2.75, 3.05) is 0 Å². The number of benzene rings is 2. The van der Waals surface area contributed by atoms with Gasteiger partial charge in [-0.25, -0.2) is 0 Å². The fourth-order valence-corrected chi connectivity index (χ4v) is 2.90. The first kappa shape index (κ1) is 14.8. The molecule has 1 unspecified atom stereocenters. The van der Waals surface area contributed by atoms with Crippen LogP contribution in [0.2, 0.25) is 0 Å². The Kier molecular flexibility index (Phi) is 5.20. The Hall–Kier alpha value is -0.640. The molecule has 0 spiro atoms. The molecule has 0 heterocycles. The van der Waals surface area contributed by atoms with Crippen molar-refractivity contribution >= 4 is 31.9 Å². The summed E-state index contributed by atoms with van der Waals surface area (Å²) in [5.74, 6) is 0. The molecule has 3 heteroatoms. The first-order valence-electron chi connectivity index (χ1n) is 6.31. The van der Waals surface area contributed by atoms with Crippen LogP contribution in [-0.4, -0.2) is 0 Å². The van der Waals surface area contributed by atoms with E-state index in [1.54, 1.807) is 0 Å². The van der Waals surface area contributed by atoms with E-state index < -0.39 is 0 Å². The number of aryl methyl sites for hydroxylation is 1. The van der Waals surface area contributed by atoms with Gasteiger partial charge in [-0.2, -0.15) is 0 Å². The fraction of sp³-hybridized carbons (Fsp3) is 0.250. The second kappa shape index (κ2) is 6.69. The lowest BCUT2D eigenvalue weighted by atomic mass is 10.1. The van der Waals surface area contributed by atoms with Crippen LogP contribution >= 0.6 is 31.9 Å². The van der Waals surface area contributed by atoms with E-state index in [0.29, 0.717) is 6.04 Å². The zero-order valence-electron chi connectivity index (χ0n) is 11.1. The monoisotopic (exact) mass is 381 g/mol. The smallest absolute Gasteiger partial charge is 0.0306 e. The molecule has 0 aliphatic rings. The van der Waals surface area contributed by atoms with Crippen molar-refractivity contribution in [3.8, 4) is 0 Å². The van der Waals surface area contributed by atoms with Crippen LogP contribution in [0.25, 0.3) is 0 Å². The van der Waals surface area contributed by atoms with Crippen molar-refractivity contribution in [3.63, 3.8) is 0 Å². The molecule has 2 rings (SSSR count). The average molecular weight is 383 g/mol. The normalized spacial score (nSPS) is 12.4. The van der Waals surface area contributed by atoms with Crippen molar-refractivity contribution in [2.24, 2.45) is 0 Å². The minimum Gasteiger partial charge on any atom is -0.306 e. The summed E-state index contributed by atoms with van der Waals surface area (Å²) in [5, 5.41) is 3.56.